The molecular weight excluding hydrogens is 525 g/mol. The minimum atomic E-state index is 0.0591. The van der Waals surface area contributed by atoms with E-state index in [1.165, 1.54) is 44.2 Å². The summed E-state index contributed by atoms with van der Waals surface area (Å²) in [5.74, 6) is 2.28. The van der Waals surface area contributed by atoms with Crippen molar-refractivity contribution in [2.45, 2.75) is 26.7 Å². The summed E-state index contributed by atoms with van der Waals surface area (Å²) in [4.78, 5) is 4.50. The molecule has 0 saturated heterocycles. The summed E-state index contributed by atoms with van der Waals surface area (Å²) in [6, 6.07) is 39.3. The third-order valence-corrected chi connectivity index (χ3v) is 9.16. The molecule has 210 valence electrons. The molecule has 0 radical (unpaired) electrons. The molecule has 2 aliphatic heterocycles. The number of benzene rings is 5. The van der Waals surface area contributed by atoms with Gasteiger partial charge in [0.15, 0.2) is 0 Å². The zero-order valence-corrected chi connectivity index (χ0v) is 25.3. The summed E-state index contributed by atoms with van der Waals surface area (Å²) in [5, 5.41) is 1.35. The smallest absolute Gasteiger partial charge is 0.256 e. The van der Waals surface area contributed by atoms with Crippen molar-refractivity contribution >= 4 is 56.8 Å². The van der Waals surface area contributed by atoms with Gasteiger partial charge < -0.3 is 19.1 Å². The van der Waals surface area contributed by atoms with Gasteiger partial charge in [-0.2, -0.15) is 0 Å². The number of hydrogen-bond acceptors (Lipinski definition) is 3. The maximum atomic E-state index is 6.81. The van der Waals surface area contributed by atoms with Crippen molar-refractivity contribution in [3.8, 4) is 17.2 Å². The summed E-state index contributed by atoms with van der Waals surface area (Å²) < 4.78 is 9.31. The fourth-order valence-electron chi connectivity index (χ4n) is 7.38. The average molecular weight is 560 g/mol. The number of aromatic nitrogens is 1. The molecule has 0 aliphatic carbocycles. The van der Waals surface area contributed by atoms with Crippen LogP contribution in [-0.2, 0) is 0 Å². The van der Waals surface area contributed by atoms with Crippen LogP contribution in [0.3, 0.4) is 0 Å². The summed E-state index contributed by atoms with van der Waals surface area (Å²) in [6.07, 6.45) is 0. The first-order chi connectivity index (χ1) is 20.9. The maximum absolute atomic E-state index is 6.81. The van der Waals surface area contributed by atoms with E-state index in [-0.39, 0.29) is 6.71 Å². The van der Waals surface area contributed by atoms with E-state index >= 15 is 0 Å². The molecule has 0 amide bonds. The Bertz CT molecular complexity index is 1990. The molecule has 1 aromatic heterocycles. The molecule has 43 heavy (non-hydrogen) atoms. The molecule has 2 aliphatic rings. The van der Waals surface area contributed by atoms with Gasteiger partial charge in [0.05, 0.1) is 0 Å². The van der Waals surface area contributed by atoms with Crippen LogP contribution in [0.15, 0.2) is 109 Å². The molecule has 5 aromatic carbocycles. The van der Waals surface area contributed by atoms with E-state index in [0.717, 1.165) is 34.2 Å². The van der Waals surface area contributed by atoms with E-state index in [4.69, 9.17) is 4.74 Å². The lowest BCUT2D eigenvalue weighted by Gasteiger charge is -2.35. The normalized spacial score (nSPS) is 12.7. The summed E-state index contributed by atoms with van der Waals surface area (Å²) in [5.41, 5.74) is 13.6. The third kappa shape index (κ3) is 3.77. The predicted octanol–water partition coefficient (Wildman–Crippen LogP) is 7.53. The number of nitrogens with zero attached hydrogens (tertiary/aromatic N) is 3. The molecule has 4 nitrogen and oxygen atoms in total. The molecule has 0 saturated carbocycles. The number of fused-ring (bicyclic) bond motifs is 4. The molecule has 0 N–H and O–H groups in total. The van der Waals surface area contributed by atoms with Crippen LogP contribution in [0.5, 0.6) is 11.5 Å². The number of hydrogen-bond donors (Lipinski definition) is 0. The minimum absolute atomic E-state index is 0.0591. The quantitative estimate of drug-likeness (QED) is 0.203. The zero-order chi connectivity index (χ0) is 29.4. The van der Waals surface area contributed by atoms with Crippen molar-refractivity contribution < 1.29 is 4.74 Å². The topological polar surface area (TPSA) is 20.6 Å². The summed E-state index contributed by atoms with van der Waals surface area (Å²) in [6.45, 7) is 6.95. The molecule has 5 heteroatoms. The number of rotatable bonds is 5. The van der Waals surface area contributed by atoms with Crippen molar-refractivity contribution in [2.75, 3.05) is 23.9 Å². The van der Waals surface area contributed by atoms with Gasteiger partial charge >= 0.3 is 0 Å². The third-order valence-electron chi connectivity index (χ3n) is 9.16. The Balaban J connectivity index is 1.42. The van der Waals surface area contributed by atoms with Crippen LogP contribution in [-0.4, -0.2) is 25.4 Å². The highest BCUT2D eigenvalue weighted by atomic mass is 16.5. The predicted molar refractivity (Wildman–Crippen MR) is 182 cm³/mol. The molecule has 0 bridgehead atoms. The van der Waals surface area contributed by atoms with Crippen molar-refractivity contribution in [3.05, 3.63) is 120 Å². The highest BCUT2D eigenvalue weighted by Crippen LogP contribution is 2.41. The molecule has 0 unspecified atom stereocenters. The Morgan fingerprint density at radius 2 is 1.37 bits per heavy atom. The van der Waals surface area contributed by atoms with E-state index in [9.17, 15) is 0 Å². The molecule has 8 rings (SSSR count). The highest BCUT2D eigenvalue weighted by Gasteiger charge is 2.41. The molecule has 0 spiro atoms. The number of ether oxygens (including phenoxy) is 1. The van der Waals surface area contributed by atoms with Crippen molar-refractivity contribution in [2.24, 2.45) is 0 Å². The Morgan fingerprint density at radius 1 is 0.674 bits per heavy atom. The van der Waals surface area contributed by atoms with Crippen molar-refractivity contribution in [1.29, 1.82) is 0 Å². The second-order valence-corrected chi connectivity index (χ2v) is 12.3. The lowest BCUT2D eigenvalue weighted by Crippen LogP contribution is -2.58. The average Bonchev–Trinajstić information content (AvgIpc) is 3.33. The summed E-state index contributed by atoms with van der Waals surface area (Å²) >= 11 is 0. The minimum Gasteiger partial charge on any atom is -0.458 e. The first-order valence-corrected chi connectivity index (χ1v) is 15.1. The van der Waals surface area contributed by atoms with Crippen molar-refractivity contribution in [3.63, 3.8) is 0 Å². The lowest BCUT2D eigenvalue weighted by molar-refractivity contribution is 0.487. The highest BCUT2D eigenvalue weighted by molar-refractivity contribution is 6.99. The lowest BCUT2D eigenvalue weighted by atomic mass is 9.34. The monoisotopic (exact) mass is 559 g/mol. The fourth-order valence-corrected chi connectivity index (χ4v) is 7.38. The van der Waals surface area contributed by atoms with Crippen LogP contribution >= 0.6 is 0 Å². The second-order valence-electron chi connectivity index (χ2n) is 12.3. The van der Waals surface area contributed by atoms with Crippen LogP contribution < -0.4 is 30.9 Å². The van der Waals surface area contributed by atoms with E-state index in [1.54, 1.807) is 0 Å². The van der Waals surface area contributed by atoms with Crippen LogP contribution in [0.4, 0.5) is 22.7 Å². The molecule has 6 aromatic rings. The maximum Gasteiger partial charge on any atom is 0.256 e. The van der Waals surface area contributed by atoms with Crippen LogP contribution in [0.25, 0.3) is 16.6 Å². The standard InChI is InChI=1S/C38H34BN3O/c1-24(2)36-25(3)41-33-22-29(40(4)5)23-35-37(33)39(31-18-12-17-30(36)38(31)41)32-21-28(19-20-34(32)43-35)42(26-13-8-6-9-14-26)27-15-10-7-11-16-27/h6-24H,1-5H3. The van der Waals surface area contributed by atoms with Gasteiger partial charge in [-0.25, -0.2) is 0 Å². The van der Waals surface area contributed by atoms with E-state index in [2.05, 4.69) is 158 Å². The van der Waals surface area contributed by atoms with E-state index < -0.39 is 0 Å². The van der Waals surface area contributed by atoms with Gasteiger partial charge in [0.1, 0.15) is 11.5 Å². The van der Waals surface area contributed by atoms with Gasteiger partial charge in [0.25, 0.3) is 6.71 Å². The Morgan fingerprint density at radius 3 is 2.02 bits per heavy atom. The second kappa shape index (κ2) is 9.57. The Kier molecular flexibility index (Phi) is 5.74. The van der Waals surface area contributed by atoms with Gasteiger partial charge in [-0.05, 0) is 83.3 Å². The largest absolute Gasteiger partial charge is 0.458 e. The SMILES string of the molecule is Cc1c(C(C)C)c2cccc3c2n1-c1cc(N(C)C)cc2c1B3c1cc(N(c3ccccc3)c3ccccc3)ccc1O2. The van der Waals surface area contributed by atoms with Crippen molar-refractivity contribution in [1.82, 2.24) is 4.57 Å². The van der Waals surface area contributed by atoms with Gasteiger partial charge in [0, 0.05) is 65.2 Å². The van der Waals surface area contributed by atoms with Crippen LogP contribution in [0, 0.1) is 6.92 Å². The first kappa shape index (κ1) is 25.8. The summed E-state index contributed by atoms with van der Waals surface area (Å²) in [7, 11) is 4.20. The Hall–Kier alpha value is -4.90. The van der Waals surface area contributed by atoms with E-state index in [1.807, 2.05) is 0 Å². The molecule has 0 fully saturated rings. The molecular formula is C38H34BN3O. The number of anilines is 4. The first-order valence-electron chi connectivity index (χ1n) is 15.1. The zero-order valence-electron chi connectivity index (χ0n) is 25.3. The van der Waals surface area contributed by atoms with Gasteiger partial charge in [-0.1, -0.05) is 68.4 Å². The fraction of sp³-hybridized carbons (Fsp3) is 0.158. The molecule has 0 atom stereocenters. The van der Waals surface area contributed by atoms with Crippen LogP contribution in [0.2, 0.25) is 0 Å². The van der Waals surface area contributed by atoms with Gasteiger partial charge in [-0.3, -0.25) is 0 Å². The van der Waals surface area contributed by atoms with E-state index in [0.29, 0.717) is 5.92 Å². The number of para-hydroxylation sites is 3. The van der Waals surface area contributed by atoms with Gasteiger partial charge in [-0.15, -0.1) is 0 Å². The Labute approximate surface area is 253 Å². The van der Waals surface area contributed by atoms with Crippen LogP contribution in [0.1, 0.15) is 31.0 Å². The molecule has 3 heterocycles. The van der Waals surface area contributed by atoms with Gasteiger partial charge in [0.2, 0.25) is 0 Å².